The molecule has 2 nitrogen and oxygen atoms in total. The molecule has 18 heavy (non-hydrogen) atoms. The van der Waals surface area contributed by atoms with Crippen molar-refractivity contribution in [3.63, 3.8) is 0 Å². The van der Waals surface area contributed by atoms with Gasteiger partial charge in [-0.1, -0.05) is 13.8 Å². The van der Waals surface area contributed by atoms with Crippen molar-refractivity contribution < 1.29 is 13.2 Å². The predicted molar refractivity (Wildman–Crippen MR) is 67.6 cm³/mol. The molecule has 1 saturated heterocycles. The molecule has 2 unspecified atom stereocenters. The third-order valence-corrected chi connectivity index (χ3v) is 3.36. The summed E-state index contributed by atoms with van der Waals surface area (Å²) in [5, 5.41) is 3.37. The van der Waals surface area contributed by atoms with Crippen LogP contribution in [-0.2, 0) is 0 Å². The van der Waals surface area contributed by atoms with Crippen molar-refractivity contribution in [1.82, 2.24) is 10.2 Å². The van der Waals surface area contributed by atoms with Crippen molar-refractivity contribution >= 4 is 0 Å². The Morgan fingerprint density at radius 1 is 1.17 bits per heavy atom. The number of likely N-dealkylation sites (tertiary alicyclic amines) is 1. The third kappa shape index (κ3) is 6.05. The average Bonchev–Trinajstić information content (AvgIpc) is 2.24. The van der Waals surface area contributed by atoms with Gasteiger partial charge >= 0.3 is 6.18 Å². The molecule has 5 heteroatoms. The first kappa shape index (κ1) is 15.8. The summed E-state index contributed by atoms with van der Waals surface area (Å²) < 4.78 is 37.5. The predicted octanol–water partition coefficient (Wildman–Crippen LogP) is 3.04. The molecule has 108 valence electrons. The summed E-state index contributed by atoms with van der Waals surface area (Å²) in [6, 6.07) is 0.220. The van der Waals surface area contributed by atoms with Crippen LogP contribution in [0.5, 0.6) is 0 Å². The second-order valence-electron chi connectivity index (χ2n) is 5.33. The van der Waals surface area contributed by atoms with Gasteiger partial charge in [-0.15, -0.1) is 0 Å². The molecule has 0 aromatic heterocycles. The van der Waals surface area contributed by atoms with Crippen LogP contribution in [0.15, 0.2) is 0 Å². The molecule has 1 heterocycles. The molecule has 0 radical (unpaired) electrons. The summed E-state index contributed by atoms with van der Waals surface area (Å²) in [5.74, 6) is -0.250. The molecule has 0 spiro atoms. The number of hydrogen-bond donors (Lipinski definition) is 1. The van der Waals surface area contributed by atoms with E-state index in [4.69, 9.17) is 0 Å². The van der Waals surface area contributed by atoms with Gasteiger partial charge in [0.1, 0.15) is 0 Å². The average molecular weight is 266 g/mol. The smallest absolute Gasteiger partial charge is 0.313 e. The van der Waals surface area contributed by atoms with Crippen LogP contribution in [0.3, 0.4) is 0 Å². The maximum absolute atomic E-state index is 12.5. The normalized spacial score (nSPS) is 26.5. The molecule has 0 amide bonds. The Morgan fingerprint density at radius 3 is 2.44 bits per heavy atom. The number of nitrogens with zero attached hydrogens (tertiary/aromatic N) is 1. The maximum atomic E-state index is 12.5. The molecule has 1 rings (SSSR count). The largest absolute Gasteiger partial charge is 0.389 e. The van der Waals surface area contributed by atoms with E-state index < -0.39 is 12.6 Å². The summed E-state index contributed by atoms with van der Waals surface area (Å²) in [6.45, 7) is 7.43. The van der Waals surface area contributed by atoms with E-state index in [-0.39, 0.29) is 12.0 Å². The molecule has 1 aliphatic rings. The molecule has 0 aliphatic carbocycles. The van der Waals surface area contributed by atoms with Gasteiger partial charge < -0.3 is 10.2 Å². The van der Waals surface area contributed by atoms with Crippen LogP contribution in [0.2, 0.25) is 0 Å². The molecule has 0 aromatic rings. The number of nitrogens with one attached hydrogen (secondary N) is 1. The summed E-state index contributed by atoms with van der Waals surface area (Å²) in [7, 11) is 0. The molecule has 0 aromatic carbocycles. The zero-order chi connectivity index (χ0) is 13.6. The molecule has 1 fully saturated rings. The van der Waals surface area contributed by atoms with Crippen molar-refractivity contribution in [2.24, 2.45) is 5.92 Å². The van der Waals surface area contributed by atoms with Gasteiger partial charge in [-0.25, -0.2) is 0 Å². The van der Waals surface area contributed by atoms with Crippen LogP contribution in [0.25, 0.3) is 0 Å². The minimum Gasteiger partial charge on any atom is -0.313 e. The molecule has 0 saturated carbocycles. The Balaban J connectivity index is 2.50. The van der Waals surface area contributed by atoms with Crippen molar-refractivity contribution in [2.75, 3.05) is 26.2 Å². The van der Waals surface area contributed by atoms with Gasteiger partial charge in [-0.3, -0.25) is 0 Å². The summed E-state index contributed by atoms with van der Waals surface area (Å²) >= 11 is 0. The highest BCUT2D eigenvalue weighted by Crippen LogP contribution is 2.30. The molecular formula is C13H25F3N2. The molecule has 2 atom stereocenters. The Morgan fingerprint density at radius 2 is 1.89 bits per heavy atom. The second-order valence-corrected chi connectivity index (χ2v) is 5.33. The first-order chi connectivity index (χ1) is 8.44. The molecule has 1 N–H and O–H groups in total. The van der Waals surface area contributed by atoms with E-state index in [0.29, 0.717) is 13.0 Å². The van der Waals surface area contributed by atoms with E-state index >= 15 is 0 Å². The van der Waals surface area contributed by atoms with Crippen LogP contribution >= 0.6 is 0 Å². The number of piperidine rings is 1. The molecular weight excluding hydrogens is 241 g/mol. The van der Waals surface area contributed by atoms with E-state index in [0.717, 1.165) is 32.5 Å². The van der Waals surface area contributed by atoms with E-state index in [1.807, 2.05) is 0 Å². The fourth-order valence-electron chi connectivity index (χ4n) is 2.77. The zero-order valence-electron chi connectivity index (χ0n) is 11.4. The summed E-state index contributed by atoms with van der Waals surface area (Å²) in [5.41, 5.74) is 0. The van der Waals surface area contributed by atoms with Gasteiger partial charge in [-0.05, 0) is 38.3 Å². The second kappa shape index (κ2) is 7.34. The first-order valence-electron chi connectivity index (χ1n) is 6.97. The topological polar surface area (TPSA) is 15.3 Å². The van der Waals surface area contributed by atoms with Crippen LogP contribution in [0.1, 0.15) is 39.5 Å². The van der Waals surface area contributed by atoms with E-state index in [1.54, 1.807) is 0 Å². The highest BCUT2D eigenvalue weighted by atomic mass is 19.4. The van der Waals surface area contributed by atoms with E-state index in [2.05, 4.69) is 24.1 Å². The lowest BCUT2D eigenvalue weighted by molar-refractivity contribution is -0.148. The quantitative estimate of drug-likeness (QED) is 0.795. The monoisotopic (exact) mass is 266 g/mol. The Hall–Kier alpha value is -0.290. The SMILES string of the molecule is CCCNC1CC(CC(F)(F)F)CN(CCC)C1. The van der Waals surface area contributed by atoms with E-state index in [1.165, 1.54) is 0 Å². The van der Waals surface area contributed by atoms with Crippen molar-refractivity contribution in [2.45, 2.75) is 51.7 Å². The summed E-state index contributed by atoms with van der Waals surface area (Å²) in [6.07, 6.45) is -2.00. The Labute approximate surface area is 108 Å². The third-order valence-electron chi connectivity index (χ3n) is 3.36. The standard InChI is InChI=1S/C13H25F3N2/c1-3-5-17-12-7-11(8-13(14,15)16)9-18(10-12)6-4-2/h11-12,17H,3-10H2,1-2H3. The number of halogens is 3. The van der Waals surface area contributed by atoms with Crippen molar-refractivity contribution in [3.8, 4) is 0 Å². The fourth-order valence-corrected chi connectivity index (χ4v) is 2.77. The van der Waals surface area contributed by atoms with Crippen molar-refractivity contribution in [3.05, 3.63) is 0 Å². The van der Waals surface area contributed by atoms with Crippen LogP contribution in [0.4, 0.5) is 13.2 Å². The van der Waals surface area contributed by atoms with Gasteiger partial charge in [0.25, 0.3) is 0 Å². The lowest BCUT2D eigenvalue weighted by Gasteiger charge is -2.38. The highest BCUT2D eigenvalue weighted by Gasteiger charge is 2.36. The minimum absolute atomic E-state index is 0.220. The number of alkyl halides is 3. The first-order valence-corrected chi connectivity index (χ1v) is 6.97. The Kier molecular flexibility index (Phi) is 6.43. The number of rotatable bonds is 6. The van der Waals surface area contributed by atoms with Crippen LogP contribution in [0, 0.1) is 5.92 Å². The maximum Gasteiger partial charge on any atom is 0.389 e. The molecule has 0 bridgehead atoms. The van der Waals surface area contributed by atoms with Gasteiger partial charge in [0.05, 0.1) is 0 Å². The molecule has 1 aliphatic heterocycles. The fraction of sp³-hybridized carbons (Fsp3) is 1.00. The lowest BCUT2D eigenvalue weighted by atomic mass is 9.91. The Bertz CT molecular complexity index is 231. The van der Waals surface area contributed by atoms with Gasteiger partial charge in [0.2, 0.25) is 0 Å². The zero-order valence-corrected chi connectivity index (χ0v) is 11.4. The van der Waals surface area contributed by atoms with Crippen LogP contribution in [-0.4, -0.2) is 43.3 Å². The highest BCUT2D eigenvalue weighted by molar-refractivity contribution is 4.84. The van der Waals surface area contributed by atoms with Crippen molar-refractivity contribution in [1.29, 1.82) is 0 Å². The van der Waals surface area contributed by atoms with E-state index in [9.17, 15) is 13.2 Å². The number of hydrogen-bond acceptors (Lipinski definition) is 2. The lowest BCUT2D eigenvalue weighted by Crippen LogP contribution is -2.50. The minimum atomic E-state index is -4.03. The van der Waals surface area contributed by atoms with Gasteiger partial charge in [-0.2, -0.15) is 13.2 Å². The summed E-state index contributed by atoms with van der Waals surface area (Å²) in [4.78, 5) is 2.17. The van der Waals surface area contributed by atoms with Gasteiger partial charge in [0, 0.05) is 25.6 Å². The van der Waals surface area contributed by atoms with Crippen LogP contribution < -0.4 is 5.32 Å². The van der Waals surface area contributed by atoms with Gasteiger partial charge in [0.15, 0.2) is 0 Å².